The van der Waals surface area contributed by atoms with Gasteiger partial charge in [0.15, 0.2) is 0 Å². The summed E-state index contributed by atoms with van der Waals surface area (Å²) in [7, 11) is 2.02. The molecule has 0 aliphatic heterocycles. The highest BCUT2D eigenvalue weighted by molar-refractivity contribution is 7.98. The molecule has 0 spiro atoms. The van der Waals surface area contributed by atoms with Crippen molar-refractivity contribution < 1.29 is 9.90 Å². The van der Waals surface area contributed by atoms with Gasteiger partial charge in [0.2, 0.25) is 5.91 Å². The van der Waals surface area contributed by atoms with Crippen LogP contribution in [-0.2, 0) is 4.79 Å². The molecular formula is C17H26N2O2S. The molecule has 5 heteroatoms. The van der Waals surface area contributed by atoms with E-state index in [0.717, 1.165) is 42.9 Å². The first-order chi connectivity index (χ1) is 10.6. The molecule has 1 amide bonds. The van der Waals surface area contributed by atoms with Crippen molar-refractivity contribution >= 4 is 23.4 Å². The van der Waals surface area contributed by atoms with Crippen molar-refractivity contribution in [2.24, 2.45) is 5.92 Å². The van der Waals surface area contributed by atoms with Crippen LogP contribution in [0, 0.1) is 5.92 Å². The minimum atomic E-state index is -0.162. The molecule has 0 heterocycles. The Morgan fingerprint density at radius 1 is 1.41 bits per heavy atom. The summed E-state index contributed by atoms with van der Waals surface area (Å²) in [6.07, 6.45) is 5.45. The molecule has 2 unspecified atom stereocenters. The summed E-state index contributed by atoms with van der Waals surface area (Å²) in [5.41, 5.74) is 0.883. The first-order valence-corrected chi connectivity index (χ1v) is 9.12. The predicted molar refractivity (Wildman–Crippen MR) is 92.3 cm³/mol. The summed E-state index contributed by atoms with van der Waals surface area (Å²) in [4.78, 5) is 15.3. The predicted octanol–water partition coefficient (Wildman–Crippen LogP) is 2.83. The molecule has 0 saturated heterocycles. The molecule has 2 atom stereocenters. The minimum Gasteiger partial charge on any atom is -0.393 e. The Hall–Kier alpha value is -1.04. The summed E-state index contributed by atoms with van der Waals surface area (Å²) in [5.74, 6) is 0.408. The highest BCUT2D eigenvalue weighted by Crippen LogP contribution is 2.26. The van der Waals surface area contributed by atoms with E-state index in [0.29, 0.717) is 12.3 Å². The van der Waals surface area contributed by atoms with Gasteiger partial charge in [-0.1, -0.05) is 18.6 Å². The number of carbonyl (C=O) groups is 1. The third-order valence-corrected chi connectivity index (χ3v) is 5.06. The summed E-state index contributed by atoms with van der Waals surface area (Å²) in [6.45, 7) is 1.59. The Labute approximate surface area is 137 Å². The van der Waals surface area contributed by atoms with E-state index >= 15 is 0 Å². The van der Waals surface area contributed by atoms with E-state index in [4.69, 9.17) is 0 Å². The normalized spacial score (nSPS) is 21.3. The third-order valence-electron chi connectivity index (χ3n) is 4.27. The number of para-hydroxylation sites is 1. The number of carbonyl (C=O) groups excluding carboxylic acids is 1. The van der Waals surface area contributed by atoms with Crippen molar-refractivity contribution in [3.63, 3.8) is 0 Å². The van der Waals surface area contributed by atoms with Crippen molar-refractivity contribution in [2.75, 3.05) is 31.7 Å². The molecule has 1 aliphatic carbocycles. The van der Waals surface area contributed by atoms with Crippen LogP contribution in [0.15, 0.2) is 29.2 Å². The molecule has 1 aromatic carbocycles. The third kappa shape index (κ3) is 5.00. The molecular weight excluding hydrogens is 296 g/mol. The zero-order valence-corrected chi connectivity index (χ0v) is 14.2. The number of anilines is 1. The molecule has 1 saturated carbocycles. The number of amides is 1. The lowest BCUT2D eigenvalue weighted by atomic mass is 10.1. The van der Waals surface area contributed by atoms with E-state index in [9.17, 15) is 9.90 Å². The second-order valence-electron chi connectivity index (χ2n) is 6.02. The van der Waals surface area contributed by atoms with Crippen LogP contribution in [0.25, 0.3) is 0 Å². The maximum atomic E-state index is 12.1. The van der Waals surface area contributed by atoms with E-state index in [1.807, 2.05) is 37.6 Å². The lowest BCUT2D eigenvalue weighted by molar-refractivity contribution is -0.116. The molecule has 0 aromatic heterocycles. The van der Waals surface area contributed by atoms with Gasteiger partial charge in [0.05, 0.1) is 11.8 Å². The first-order valence-electron chi connectivity index (χ1n) is 7.89. The van der Waals surface area contributed by atoms with Crippen LogP contribution in [0.4, 0.5) is 5.69 Å². The second-order valence-corrected chi connectivity index (χ2v) is 6.87. The van der Waals surface area contributed by atoms with E-state index < -0.39 is 0 Å². The van der Waals surface area contributed by atoms with Crippen molar-refractivity contribution in [1.82, 2.24) is 4.90 Å². The largest absolute Gasteiger partial charge is 0.393 e. The maximum absolute atomic E-state index is 12.1. The first kappa shape index (κ1) is 17.3. The molecule has 2 N–H and O–H groups in total. The fourth-order valence-corrected chi connectivity index (χ4v) is 3.53. The van der Waals surface area contributed by atoms with Gasteiger partial charge in [-0.2, -0.15) is 0 Å². The van der Waals surface area contributed by atoms with Gasteiger partial charge in [0, 0.05) is 24.4 Å². The van der Waals surface area contributed by atoms with Gasteiger partial charge in [-0.05, 0) is 44.2 Å². The highest BCUT2D eigenvalue weighted by atomic mass is 32.2. The minimum absolute atomic E-state index is 0.0420. The van der Waals surface area contributed by atoms with Crippen LogP contribution in [0.3, 0.4) is 0 Å². The molecule has 1 aromatic rings. The smallest absolute Gasteiger partial charge is 0.225 e. The van der Waals surface area contributed by atoms with Crippen LogP contribution >= 0.6 is 11.8 Å². The van der Waals surface area contributed by atoms with Gasteiger partial charge in [-0.15, -0.1) is 11.8 Å². The number of nitrogens with zero attached hydrogens (tertiary/aromatic N) is 1. The van der Waals surface area contributed by atoms with Gasteiger partial charge >= 0.3 is 0 Å². The number of nitrogens with one attached hydrogen (secondary N) is 1. The van der Waals surface area contributed by atoms with Gasteiger partial charge in [-0.3, -0.25) is 4.79 Å². The van der Waals surface area contributed by atoms with Crippen molar-refractivity contribution in [2.45, 2.75) is 36.7 Å². The lowest BCUT2D eigenvalue weighted by Gasteiger charge is -2.22. The van der Waals surface area contributed by atoms with E-state index in [-0.39, 0.29) is 12.0 Å². The van der Waals surface area contributed by atoms with Crippen LogP contribution in [0.5, 0.6) is 0 Å². The number of hydrogen-bond acceptors (Lipinski definition) is 4. The monoisotopic (exact) mass is 322 g/mol. The van der Waals surface area contributed by atoms with Crippen LogP contribution in [0.2, 0.25) is 0 Å². The maximum Gasteiger partial charge on any atom is 0.225 e. The highest BCUT2D eigenvalue weighted by Gasteiger charge is 2.26. The van der Waals surface area contributed by atoms with Crippen molar-refractivity contribution in [3.8, 4) is 0 Å². The average Bonchev–Trinajstić information content (AvgIpc) is 2.91. The molecule has 1 fully saturated rings. The number of hydrogen-bond donors (Lipinski definition) is 2. The summed E-state index contributed by atoms with van der Waals surface area (Å²) < 4.78 is 0. The molecule has 2 rings (SSSR count). The van der Waals surface area contributed by atoms with Gasteiger partial charge < -0.3 is 15.3 Å². The zero-order chi connectivity index (χ0) is 15.9. The molecule has 4 nitrogen and oxygen atoms in total. The Bertz CT molecular complexity index is 495. The number of benzene rings is 1. The number of rotatable bonds is 7. The Morgan fingerprint density at radius 2 is 2.18 bits per heavy atom. The number of aliphatic hydroxyl groups excluding tert-OH is 1. The van der Waals surface area contributed by atoms with Crippen LogP contribution in [-0.4, -0.2) is 48.4 Å². The molecule has 0 radical (unpaired) electrons. The van der Waals surface area contributed by atoms with Gasteiger partial charge in [0.25, 0.3) is 0 Å². The molecule has 0 bridgehead atoms. The van der Waals surface area contributed by atoms with E-state index in [1.165, 1.54) is 0 Å². The Morgan fingerprint density at radius 3 is 2.86 bits per heavy atom. The lowest BCUT2D eigenvalue weighted by Crippen LogP contribution is -2.32. The van der Waals surface area contributed by atoms with Gasteiger partial charge in [0.1, 0.15) is 0 Å². The average molecular weight is 322 g/mol. The second kappa shape index (κ2) is 8.56. The molecule has 122 valence electrons. The summed E-state index contributed by atoms with van der Waals surface area (Å²) in [5, 5.41) is 12.8. The zero-order valence-electron chi connectivity index (χ0n) is 13.4. The quantitative estimate of drug-likeness (QED) is 0.758. The Balaban J connectivity index is 1.75. The standard InChI is InChI=1S/C17H26N2O2S/c1-19(12-13-6-5-8-15(13)20)11-10-17(21)18-14-7-3-4-9-16(14)22-2/h3-4,7,9,13,15,20H,5-6,8,10-12H2,1-2H3,(H,18,21). The fraction of sp³-hybridized carbons (Fsp3) is 0.588. The topological polar surface area (TPSA) is 52.6 Å². The van der Waals surface area contributed by atoms with Crippen LogP contribution < -0.4 is 5.32 Å². The summed E-state index contributed by atoms with van der Waals surface area (Å²) in [6, 6.07) is 7.85. The van der Waals surface area contributed by atoms with Crippen LogP contribution in [0.1, 0.15) is 25.7 Å². The van der Waals surface area contributed by atoms with Crippen molar-refractivity contribution in [1.29, 1.82) is 0 Å². The Kier molecular flexibility index (Phi) is 6.73. The fourth-order valence-electron chi connectivity index (χ4n) is 2.97. The van der Waals surface area contributed by atoms with E-state index in [1.54, 1.807) is 11.8 Å². The van der Waals surface area contributed by atoms with E-state index in [2.05, 4.69) is 10.2 Å². The number of thioether (sulfide) groups is 1. The van der Waals surface area contributed by atoms with Crippen molar-refractivity contribution in [3.05, 3.63) is 24.3 Å². The molecule has 22 heavy (non-hydrogen) atoms. The SMILES string of the molecule is CSc1ccccc1NC(=O)CCN(C)CC1CCCC1O. The van der Waals surface area contributed by atoms with Gasteiger partial charge in [-0.25, -0.2) is 0 Å². The molecule has 1 aliphatic rings. The number of aliphatic hydroxyl groups is 1. The summed E-state index contributed by atoms with van der Waals surface area (Å²) >= 11 is 1.63.